The van der Waals surface area contributed by atoms with Crippen molar-refractivity contribution in [3.63, 3.8) is 0 Å². The minimum absolute atomic E-state index is 0.300. The molecule has 0 saturated carbocycles. The minimum Gasteiger partial charge on any atom is -0.381 e. The zero-order valence-corrected chi connectivity index (χ0v) is 20.0. The molecule has 6 nitrogen and oxygen atoms in total. The molecule has 0 aromatic carbocycles. The Kier molecular flexibility index (Phi) is 8.38. The number of ether oxygens (including phenoxy) is 2. The van der Waals surface area contributed by atoms with Crippen LogP contribution in [0.15, 0.2) is 27.7 Å². The predicted molar refractivity (Wildman–Crippen MR) is 129 cm³/mol. The van der Waals surface area contributed by atoms with Gasteiger partial charge in [0.1, 0.15) is 5.82 Å². The first-order chi connectivity index (χ1) is 15.0. The maximum absolute atomic E-state index is 5.68. The summed E-state index contributed by atoms with van der Waals surface area (Å²) in [6, 6.07) is 2.62. The van der Waals surface area contributed by atoms with Gasteiger partial charge in [0.25, 0.3) is 0 Å². The molecule has 2 saturated heterocycles. The zero-order chi connectivity index (χ0) is 22.4. The molecule has 1 aromatic rings. The van der Waals surface area contributed by atoms with Gasteiger partial charge >= 0.3 is 0 Å². The molecule has 3 rings (SSSR count). The lowest BCUT2D eigenvalue weighted by Crippen LogP contribution is -2.44. The van der Waals surface area contributed by atoms with E-state index in [-0.39, 0.29) is 0 Å². The van der Waals surface area contributed by atoms with Crippen LogP contribution >= 0.6 is 0 Å². The maximum atomic E-state index is 5.68. The molecule has 1 aromatic heterocycles. The number of rotatable bonds is 6. The highest BCUT2D eigenvalue weighted by Gasteiger charge is 2.27. The monoisotopic (exact) mass is 426 g/mol. The number of aliphatic imine (C=N–C) groups is 2. The molecule has 0 amide bonds. The molecule has 6 heteroatoms. The van der Waals surface area contributed by atoms with E-state index in [9.17, 15) is 0 Å². The lowest BCUT2D eigenvalue weighted by atomic mass is 9.86. The highest BCUT2D eigenvalue weighted by Crippen LogP contribution is 2.34. The molecule has 0 bridgehead atoms. The molecule has 1 atom stereocenters. The van der Waals surface area contributed by atoms with Gasteiger partial charge in [-0.05, 0) is 67.4 Å². The first kappa shape index (κ1) is 23.6. The van der Waals surface area contributed by atoms with Crippen molar-refractivity contribution in [3.05, 3.63) is 34.5 Å². The van der Waals surface area contributed by atoms with E-state index in [1.54, 1.807) is 7.05 Å². The fraction of sp³-hybridized carbons (Fsp3) is 0.640. The van der Waals surface area contributed by atoms with Crippen LogP contribution in [0, 0.1) is 12.8 Å². The van der Waals surface area contributed by atoms with Crippen LogP contribution in [0.5, 0.6) is 0 Å². The van der Waals surface area contributed by atoms with E-state index in [4.69, 9.17) is 19.5 Å². The van der Waals surface area contributed by atoms with E-state index in [2.05, 4.69) is 49.7 Å². The van der Waals surface area contributed by atoms with Gasteiger partial charge in [-0.1, -0.05) is 13.8 Å². The summed E-state index contributed by atoms with van der Waals surface area (Å²) in [6.45, 7) is 12.8. The zero-order valence-electron chi connectivity index (χ0n) is 20.0. The van der Waals surface area contributed by atoms with Crippen molar-refractivity contribution < 1.29 is 9.47 Å². The molecule has 2 fully saturated rings. The van der Waals surface area contributed by atoms with Crippen LogP contribution < -0.4 is 4.90 Å². The van der Waals surface area contributed by atoms with Gasteiger partial charge in [-0.3, -0.25) is 9.98 Å². The summed E-state index contributed by atoms with van der Waals surface area (Å²) in [5.74, 6) is 1.84. The fourth-order valence-corrected chi connectivity index (χ4v) is 4.56. The molecular weight excluding hydrogens is 388 g/mol. The Hall–Kier alpha value is -2.05. The smallest absolute Gasteiger partial charge is 0.130 e. The van der Waals surface area contributed by atoms with Crippen LogP contribution in [-0.2, 0) is 9.47 Å². The molecule has 2 aliphatic heterocycles. The average Bonchev–Trinajstić information content (AvgIpc) is 2.78. The summed E-state index contributed by atoms with van der Waals surface area (Å²) < 4.78 is 11.3. The van der Waals surface area contributed by atoms with Gasteiger partial charge in [0.15, 0.2) is 0 Å². The number of allylic oxidation sites excluding steroid dienone is 2. The second kappa shape index (κ2) is 11.0. The van der Waals surface area contributed by atoms with Gasteiger partial charge in [-0.25, -0.2) is 4.98 Å². The molecule has 170 valence electrons. The van der Waals surface area contributed by atoms with Gasteiger partial charge in [0, 0.05) is 40.1 Å². The Balaban J connectivity index is 2.16. The summed E-state index contributed by atoms with van der Waals surface area (Å²) in [5.41, 5.74) is 5.73. The topological polar surface area (TPSA) is 59.3 Å². The molecule has 0 unspecified atom stereocenters. The quantitative estimate of drug-likeness (QED) is 0.640. The van der Waals surface area contributed by atoms with Crippen LogP contribution in [0.25, 0.3) is 0 Å². The number of hydrogen-bond acceptors (Lipinski definition) is 6. The predicted octanol–water partition coefficient (Wildman–Crippen LogP) is 4.21. The largest absolute Gasteiger partial charge is 0.381 e. The normalized spacial score (nSPS) is 22.0. The Bertz CT molecular complexity index is 838. The van der Waals surface area contributed by atoms with Crippen LogP contribution in [0.3, 0.4) is 0 Å². The van der Waals surface area contributed by atoms with Gasteiger partial charge in [-0.2, -0.15) is 0 Å². The summed E-state index contributed by atoms with van der Waals surface area (Å²) in [5, 5.41) is 0. The van der Waals surface area contributed by atoms with E-state index in [0.29, 0.717) is 17.9 Å². The van der Waals surface area contributed by atoms with Crippen molar-refractivity contribution in [3.8, 4) is 0 Å². The van der Waals surface area contributed by atoms with Crippen molar-refractivity contribution in [1.29, 1.82) is 0 Å². The average molecular weight is 427 g/mol. The number of aromatic nitrogens is 1. The Morgan fingerprint density at radius 1 is 1.19 bits per heavy atom. The van der Waals surface area contributed by atoms with E-state index in [0.717, 1.165) is 68.6 Å². The molecule has 0 aliphatic carbocycles. The highest BCUT2D eigenvalue weighted by molar-refractivity contribution is 6.14. The molecule has 0 N–H and O–H groups in total. The van der Waals surface area contributed by atoms with E-state index in [1.165, 1.54) is 11.1 Å². The standard InChI is InChI=1S/C25H38N4O2/c1-17(2)21(7-10-26-5)25(27-6)24-19(4)22(20-8-12-30-13-9-20)15-23(28-24)29-11-14-31-16-18(29)3/h7,10,15,17-18,20H,8-9,11-14,16H2,1-6H3/b21-7+,26-10?,27-25?/t18-/m1/s1. The van der Waals surface area contributed by atoms with E-state index >= 15 is 0 Å². The summed E-state index contributed by atoms with van der Waals surface area (Å²) >= 11 is 0. The third-order valence-corrected chi connectivity index (χ3v) is 6.37. The second-order valence-corrected chi connectivity index (χ2v) is 8.80. The first-order valence-corrected chi connectivity index (χ1v) is 11.5. The van der Waals surface area contributed by atoms with Gasteiger partial charge in [0.2, 0.25) is 0 Å². The third kappa shape index (κ3) is 5.42. The van der Waals surface area contributed by atoms with Crippen molar-refractivity contribution in [2.75, 3.05) is 52.0 Å². The molecule has 0 radical (unpaired) electrons. The lowest BCUT2D eigenvalue weighted by molar-refractivity contribution is 0.0851. The van der Waals surface area contributed by atoms with Crippen molar-refractivity contribution in [1.82, 2.24) is 4.98 Å². The summed E-state index contributed by atoms with van der Waals surface area (Å²) in [4.78, 5) is 16.5. The Labute approximate surface area is 187 Å². The highest BCUT2D eigenvalue weighted by atomic mass is 16.5. The third-order valence-electron chi connectivity index (χ3n) is 6.37. The number of nitrogens with zero attached hydrogens (tertiary/aromatic N) is 4. The number of anilines is 1. The number of pyridine rings is 1. The number of hydrogen-bond donors (Lipinski definition) is 0. The van der Waals surface area contributed by atoms with Crippen LogP contribution in [0.1, 0.15) is 56.4 Å². The van der Waals surface area contributed by atoms with Crippen molar-refractivity contribution in [2.45, 2.75) is 52.5 Å². The summed E-state index contributed by atoms with van der Waals surface area (Å²) in [6.07, 6.45) is 6.03. The van der Waals surface area contributed by atoms with Crippen LogP contribution in [0.2, 0.25) is 0 Å². The molecule has 0 spiro atoms. The van der Waals surface area contributed by atoms with Gasteiger partial charge in [-0.15, -0.1) is 0 Å². The van der Waals surface area contributed by atoms with Gasteiger partial charge in [0.05, 0.1) is 30.7 Å². The molecule has 2 aliphatic rings. The van der Waals surface area contributed by atoms with Crippen LogP contribution in [-0.4, -0.2) is 70.0 Å². The molecular formula is C25H38N4O2. The van der Waals surface area contributed by atoms with E-state index < -0.39 is 0 Å². The fourth-order valence-electron chi connectivity index (χ4n) is 4.56. The first-order valence-electron chi connectivity index (χ1n) is 11.5. The van der Waals surface area contributed by atoms with Gasteiger partial charge < -0.3 is 14.4 Å². The molecule has 31 heavy (non-hydrogen) atoms. The van der Waals surface area contributed by atoms with Crippen molar-refractivity contribution >= 4 is 17.7 Å². The Morgan fingerprint density at radius 2 is 1.94 bits per heavy atom. The minimum atomic E-state index is 0.300. The lowest BCUT2D eigenvalue weighted by Gasteiger charge is -2.36. The van der Waals surface area contributed by atoms with E-state index in [1.807, 2.05) is 13.3 Å². The SMILES string of the molecule is CN=C/C=C(/C(=NC)c1nc(N2CCOC[C@H]2C)cc(C2CCOCC2)c1C)C(C)C. The second-order valence-electron chi connectivity index (χ2n) is 8.80. The Morgan fingerprint density at radius 3 is 2.55 bits per heavy atom. The maximum Gasteiger partial charge on any atom is 0.130 e. The number of morpholine rings is 1. The molecule has 3 heterocycles. The summed E-state index contributed by atoms with van der Waals surface area (Å²) in [7, 11) is 3.66. The van der Waals surface area contributed by atoms with Crippen LogP contribution in [0.4, 0.5) is 5.82 Å². The van der Waals surface area contributed by atoms with Crippen molar-refractivity contribution in [2.24, 2.45) is 15.9 Å².